The number of aryl methyl sites for hydroxylation is 4. The maximum atomic E-state index is 8.85. The van der Waals surface area contributed by atoms with Crippen molar-refractivity contribution in [1.29, 1.82) is 5.41 Å². The van der Waals surface area contributed by atoms with Crippen LogP contribution in [0.4, 0.5) is 0 Å². The van der Waals surface area contributed by atoms with Crippen LogP contribution < -0.4 is 15.0 Å². The van der Waals surface area contributed by atoms with Crippen molar-refractivity contribution in [2.45, 2.75) is 33.7 Å². The Kier molecular flexibility index (Phi) is 5.50. The minimum Gasteiger partial charge on any atom is -0.493 e. The molecule has 0 aliphatic carbocycles. The van der Waals surface area contributed by atoms with Crippen molar-refractivity contribution in [2.24, 2.45) is 0 Å². The van der Waals surface area contributed by atoms with Crippen LogP contribution in [0.3, 0.4) is 0 Å². The first-order valence-electron chi connectivity index (χ1n) is 10.2. The number of aromatic nitrogens is 4. The molecule has 0 unspecified atom stereocenters. The third-order valence-electron chi connectivity index (χ3n) is 5.72. The zero-order valence-electron chi connectivity index (χ0n) is 18.6. The van der Waals surface area contributed by atoms with E-state index >= 15 is 0 Å². The highest BCUT2D eigenvalue weighted by molar-refractivity contribution is 5.82. The minimum atomic E-state index is 0.456. The van der Waals surface area contributed by atoms with Crippen molar-refractivity contribution < 1.29 is 9.47 Å². The molecular formula is C24H27N5O2. The molecule has 3 aromatic heterocycles. The molecule has 0 saturated heterocycles. The van der Waals surface area contributed by atoms with Crippen molar-refractivity contribution in [3.8, 4) is 17.3 Å². The van der Waals surface area contributed by atoms with Gasteiger partial charge in [-0.05, 0) is 62.6 Å². The molecule has 0 fully saturated rings. The molecule has 0 radical (unpaired) electrons. The number of benzene rings is 1. The number of pyridine rings is 1. The van der Waals surface area contributed by atoms with E-state index in [9.17, 15) is 0 Å². The second-order valence-electron chi connectivity index (χ2n) is 7.61. The molecule has 0 spiro atoms. The molecule has 0 saturated carbocycles. The van der Waals surface area contributed by atoms with Gasteiger partial charge in [-0.15, -0.1) is 0 Å². The van der Waals surface area contributed by atoms with Crippen LogP contribution in [-0.2, 0) is 13.0 Å². The van der Waals surface area contributed by atoms with E-state index in [1.807, 2.05) is 59.4 Å². The molecule has 0 amide bonds. The van der Waals surface area contributed by atoms with Gasteiger partial charge in [0.2, 0.25) is 0 Å². The van der Waals surface area contributed by atoms with Gasteiger partial charge in [0.1, 0.15) is 11.3 Å². The summed E-state index contributed by atoms with van der Waals surface area (Å²) in [5.74, 6) is 2.24. The Morgan fingerprint density at radius 2 is 1.77 bits per heavy atom. The fourth-order valence-corrected chi connectivity index (χ4v) is 3.91. The Morgan fingerprint density at radius 3 is 2.48 bits per heavy atom. The van der Waals surface area contributed by atoms with Gasteiger partial charge in [-0.1, -0.05) is 12.1 Å². The van der Waals surface area contributed by atoms with Gasteiger partial charge in [0.25, 0.3) is 0 Å². The van der Waals surface area contributed by atoms with E-state index in [0.29, 0.717) is 23.5 Å². The van der Waals surface area contributed by atoms with E-state index in [2.05, 4.69) is 11.9 Å². The van der Waals surface area contributed by atoms with E-state index in [4.69, 9.17) is 19.9 Å². The Labute approximate surface area is 181 Å². The van der Waals surface area contributed by atoms with E-state index in [1.165, 1.54) is 0 Å². The van der Waals surface area contributed by atoms with Gasteiger partial charge < -0.3 is 14.0 Å². The molecule has 1 aromatic carbocycles. The second kappa shape index (κ2) is 8.26. The second-order valence-corrected chi connectivity index (χ2v) is 7.61. The molecule has 0 atom stereocenters. The van der Waals surface area contributed by atoms with Gasteiger partial charge >= 0.3 is 0 Å². The molecule has 1 N–H and O–H groups in total. The number of hydrogen-bond donors (Lipinski definition) is 1. The number of nitrogens with one attached hydrogen (secondary N) is 1. The third kappa shape index (κ3) is 3.67. The molecule has 0 aliphatic heterocycles. The average Bonchev–Trinajstić information content (AvgIpc) is 3.03. The summed E-state index contributed by atoms with van der Waals surface area (Å²) in [5, 5.41) is 9.70. The van der Waals surface area contributed by atoms with Crippen LogP contribution in [0.25, 0.3) is 16.9 Å². The van der Waals surface area contributed by atoms with Gasteiger partial charge in [-0.3, -0.25) is 9.98 Å². The van der Waals surface area contributed by atoms with Crippen LogP contribution >= 0.6 is 0 Å². The largest absolute Gasteiger partial charge is 0.493 e. The van der Waals surface area contributed by atoms with Crippen LogP contribution in [0.5, 0.6) is 11.5 Å². The lowest BCUT2D eigenvalue weighted by Gasteiger charge is -2.11. The molecule has 0 aliphatic rings. The summed E-state index contributed by atoms with van der Waals surface area (Å²) >= 11 is 0. The normalized spacial score (nSPS) is 11.1. The highest BCUT2D eigenvalue weighted by Crippen LogP contribution is 2.28. The number of ether oxygens (including phenoxy) is 2. The van der Waals surface area contributed by atoms with Gasteiger partial charge in [-0.25, -0.2) is 9.97 Å². The minimum absolute atomic E-state index is 0.456. The first kappa shape index (κ1) is 20.7. The lowest BCUT2D eigenvalue weighted by molar-refractivity contribution is 0.354. The zero-order valence-corrected chi connectivity index (χ0v) is 18.6. The summed E-state index contributed by atoms with van der Waals surface area (Å²) in [6.07, 6.45) is 2.50. The Balaban J connectivity index is 1.71. The molecule has 31 heavy (non-hydrogen) atoms. The van der Waals surface area contributed by atoms with Crippen molar-refractivity contribution in [1.82, 2.24) is 19.1 Å². The van der Waals surface area contributed by atoms with Gasteiger partial charge in [0, 0.05) is 17.9 Å². The molecule has 4 rings (SSSR count). The fraction of sp³-hybridized carbons (Fsp3) is 0.292. The molecule has 3 heterocycles. The van der Waals surface area contributed by atoms with Crippen molar-refractivity contribution in [3.05, 3.63) is 70.7 Å². The molecular weight excluding hydrogens is 390 g/mol. The zero-order chi connectivity index (χ0) is 22.1. The molecule has 7 nitrogen and oxygen atoms in total. The number of methoxy groups -OCH3 is 2. The lowest BCUT2D eigenvalue weighted by atomic mass is 10.1. The quantitative estimate of drug-likeness (QED) is 0.516. The summed E-state index contributed by atoms with van der Waals surface area (Å²) in [6.45, 7) is 6.71. The SMILES string of the molecule is COc1ccc(CCn2cnc3c(c(C)c(C)n3-c3cccc(C)n3)c2=N)cc1OC. The molecule has 0 bridgehead atoms. The summed E-state index contributed by atoms with van der Waals surface area (Å²) in [6, 6.07) is 11.8. The number of nitrogens with zero attached hydrogens (tertiary/aromatic N) is 4. The van der Waals surface area contributed by atoms with Crippen LogP contribution in [0.15, 0.2) is 42.7 Å². The predicted molar refractivity (Wildman–Crippen MR) is 120 cm³/mol. The highest BCUT2D eigenvalue weighted by atomic mass is 16.5. The van der Waals surface area contributed by atoms with Crippen LogP contribution in [0.2, 0.25) is 0 Å². The van der Waals surface area contributed by atoms with Crippen LogP contribution in [0, 0.1) is 26.2 Å². The molecule has 7 heteroatoms. The number of fused-ring (bicyclic) bond motifs is 1. The van der Waals surface area contributed by atoms with E-state index in [0.717, 1.165) is 45.8 Å². The number of rotatable bonds is 6. The third-order valence-corrected chi connectivity index (χ3v) is 5.72. The average molecular weight is 418 g/mol. The van der Waals surface area contributed by atoms with Crippen LogP contribution in [0.1, 0.15) is 22.5 Å². The van der Waals surface area contributed by atoms with Gasteiger partial charge in [0.15, 0.2) is 17.1 Å². The smallest absolute Gasteiger partial charge is 0.160 e. The monoisotopic (exact) mass is 417 g/mol. The standard InChI is InChI=1S/C24H27N5O2/c1-15-7-6-8-21(27-15)29-17(3)16(2)22-23(25)28(14-26-24(22)29)12-11-18-9-10-19(30-4)20(13-18)31-5/h6-10,13-14,25H,11-12H2,1-5H3. The van der Waals surface area contributed by atoms with E-state index in [-0.39, 0.29) is 0 Å². The predicted octanol–water partition coefficient (Wildman–Crippen LogP) is 3.89. The van der Waals surface area contributed by atoms with Crippen molar-refractivity contribution >= 4 is 11.0 Å². The number of hydrogen-bond acceptors (Lipinski definition) is 5. The first-order valence-corrected chi connectivity index (χ1v) is 10.2. The fourth-order valence-electron chi connectivity index (χ4n) is 3.91. The molecule has 160 valence electrons. The maximum Gasteiger partial charge on any atom is 0.160 e. The first-order chi connectivity index (χ1) is 14.9. The Hall–Kier alpha value is -3.61. The summed E-state index contributed by atoms with van der Waals surface area (Å²) in [5.41, 5.74) is 5.38. The Morgan fingerprint density at radius 1 is 1.00 bits per heavy atom. The highest BCUT2D eigenvalue weighted by Gasteiger charge is 2.17. The van der Waals surface area contributed by atoms with Crippen molar-refractivity contribution in [3.63, 3.8) is 0 Å². The molecule has 4 aromatic rings. The van der Waals surface area contributed by atoms with Gasteiger partial charge in [0.05, 0.1) is 25.9 Å². The lowest BCUT2D eigenvalue weighted by Crippen LogP contribution is -2.22. The van der Waals surface area contributed by atoms with E-state index < -0.39 is 0 Å². The van der Waals surface area contributed by atoms with Crippen LogP contribution in [-0.4, -0.2) is 33.3 Å². The Bertz CT molecular complexity index is 1320. The summed E-state index contributed by atoms with van der Waals surface area (Å²) in [4.78, 5) is 9.38. The van der Waals surface area contributed by atoms with Gasteiger partial charge in [-0.2, -0.15) is 0 Å². The van der Waals surface area contributed by atoms with Crippen molar-refractivity contribution in [2.75, 3.05) is 14.2 Å². The topological polar surface area (TPSA) is 78.0 Å². The summed E-state index contributed by atoms with van der Waals surface area (Å²) in [7, 11) is 3.26. The summed E-state index contributed by atoms with van der Waals surface area (Å²) < 4.78 is 14.6. The van der Waals surface area contributed by atoms with E-state index in [1.54, 1.807) is 20.5 Å². The maximum absolute atomic E-state index is 8.85.